The molecule has 0 amide bonds. The fourth-order valence-corrected chi connectivity index (χ4v) is 2.83. The lowest BCUT2D eigenvalue weighted by molar-refractivity contribution is 0.112. The van der Waals surface area contributed by atoms with Crippen LogP contribution in [0.4, 0.5) is 5.69 Å². The fraction of sp³-hybridized carbons (Fsp3) is 0.583. The number of hydrogen-bond donors (Lipinski definition) is 0. The second-order valence-corrected chi connectivity index (χ2v) is 5.10. The van der Waals surface area contributed by atoms with Gasteiger partial charge in [0.1, 0.15) is 0 Å². The molecule has 2 heterocycles. The highest BCUT2D eigenvalue weighted by atomic mass is 32.1. The van der Waals surface area contributed by atoms with Gasteiger partial charge in [-0.15, -0.1) is 11.3 Å². The predicted octanol–water partition coefficient (Wildman–Crippen LogP) is 2.09. The molecule has 0 unspecified atom stereocenters. The van der Waals surface area contributed by atoms with E-state index in [1.54, 1.807) is 0 Å². The monoisotopic (exact) mass is 238 g/mol. The Morgan fingerprint density at radius 1 is 1.38 bits per heavy atom. The number of thiophene rings is 1. The van der Waals surface area contributed by atoms with Gasteiger partial charge in [-0.05, 0) is 19.0 Å². The van der Waals surface area contributed by atoms with Crippen LogP contribution < -0.4 is 4.90 Å². The molecule has 0 atom stereocenters. The summed E-state index contributed by atoms with van der Waals surface area (Å²) in [6.45, 7) is 7.86. The number of carbonyl (C=O) groups is 1. The van der Waals surface area contributed by atoms with Crippen molar-refractivity contribution < 1.29 is 4.79 Å². The Balaban J connectivity index is 1.91. The standard InChI is InChI=1S/C12H18N2OS/c1-2-3-13-4-6-14(7-5-13)11-8-12(9-15)16-10-11/h8-10H,2-7H2,1H3. The molecule has 1 aliphatic rings. The molecule has 0 saturated carbocycles. The van der Waals surface area contributed by atoms with Crippen LogP contribution in [-0.4, -0.2) is 43.9 Å². The number of rotatable bonds is 4. The molecule has 1 aromatic heterocycles. The average molecular weight is 238 g/mol. The van der Waals surface area contributed by atoms with Gasteiger partial charge in [0.15, 0.2) is 6.29 Å². The summed E-state index contributed by atoms with van der Waals surface area (Å²) in [7, 11) is 0. The van der Waals surface area contributed by atoms with Crippen LogP contribution in [0.1, 0.15) is 23.0 Å². The molecule has 2 rings (SSSR count). The zero-order chi connectivity index (χ0) is 11.4. The molecule has 0 aromatic carbocycles. The van der Waals surface area contributed by atoms with Crippen molar-refractivity contribution in [2.45, 2.75) is 13.3 Å². The van der Waals surface area contributed by atoms with E-state index in [2.05, 4.69) is 22.1 Å². The van der Waals surface area contributed by atoms with Crippen molar-refractivity contribution in [2.24, 2.45) is 0 Å². The summed E-state index contributed by atoms with van der Waals surface area (Å²) in [6, 6.07) is 1.99. The number of piperazine rings is 1. The van der Waals surface area contributed by atoms with Crippen LogP contribution >= 0.6 is 11.3 Å². The summed E-state index contributed by atoms with van der Waals surface area (Å²) in [5.74, 6) is 0. The van der Waals surface area contributed by atoms with Gasteiger partial charge in [0.05, 0.1) is 4.88 Å². The molecule has 3 nitrogen and oxygen atoms in total. The van der Waals surface area contributed by atoms with Crippen LogP contribution in [0, 0.1) is 0 Å². The highest BCUT2D eigenvalue weighted by molar-refractivity contribution is 7.12. The van der Waals surface area contributed by atoms with Gasteiger partial charge in [0, 0.05) is 37.2 Å². The number of hydrogen-bond acceptors (Lipinski definition) is 4. The predicted molar refractivity (Wildman–Crippen MR) is 68.7 cm³/mol. The molecular formula is C12H18N2OS. The van der Waals surface area contributed by atoms with Crippen molar-refractivity contribution >= 4 is 23.3 Å². The lowest BCUT2D eigenvalue weighted by Gasteiger charge is -2.35. The van der Waals surface area contributed by atoms with Gasteiger partial charge in [0.25, 0.3) is 0 Å². The highest BCUT2D eigenvalue weighted by Gasteiger charge is 2.17. The van der Waals surface area contributed by atoms with E-state index in [4.69, 9.17) is 0 Å². The van der Waals surface area contributed by atoms with Crippen molar-refractivity contribution in [3.05, 3.63) is 16.3 Å². The normalized spacial score (nSPS) is 17.7. The first kappa shape index (κ1) is 11.6. The van der Waals surface area contributed by atoms with Crippen molar-refractivity contribution in [3.63, 3.8) is 0 Å². The molecule has 1 saturated heterocycles. The molecule has 16 heavy (non-hydrogen) atoms. The van der Waals surface area contributed by atoms with E-state index in [1.807, 2.05) is 6.07 Å². The van der Waals surface area contributed by atoms with Crippen molar-refractivity contribution in [2.75, 3.05) is 37.6 Å². The number of anilines is 1. The zero-order valence-electron chi connectivity index (χ0n) is 9.69. The van der Waals surface area contributed by atoms with Crippen LogP contribution in [0.2, 0.25) is 0 Å². The van der Waals surface area contributed by atoms with Crippen molar-refractivity contribution in [1.29, 1.82) is 0 Å². The smallest absolute Gasteiger partial charge is 0.160 e. The van der Waals surface area contributed by atoms with Gasteiger partial charge >= 0.3 is 0 Å². The Morgan fingerprint density at radius 3 is 2.69 bits per heavy atom. The maximum absolute atomic E-state index is 10.6. The summed E-state index contributed by atoms with van der Waals surface area (Å²) < 4.78 is 0. The largest absolute Gasteiger partial charge is 0.368 e. The molecule has 1 fully saturated rings. The third-order valence-corrected chi connectivity index (χ3v) is 3.84. The van der Waals surface area contributed by atoms with Gasteiger partial charge in [-0.1, -0.05) is 6.92 Å². The summed E-state index contributed by atoms with van der Waals surface area (Å²) >= 11 is 1.53. The first-order chi connectivity index (χ1) is 7.83. The lowest BCUT2D eigenvalue weighted by Crippen LogP contribution is -2.46. The van der Waals surface area contributed by atoms with E-state index in [9.17, 15) is 4.79 Å². The zero-order valence-corrected chi connectivity index (χ0v) is 10.5. The Bertz CT molecular complexity index is 343. The van der Waals surface area contributed by atoms with E-state index in [0.717, 1.165) is 37.3 Å². The summed E-state index contributed by atoms with van der Waals surface area (Å²) in [6.07, 6.45) is 2.16. The van der Waals surface area contributed by atoms with E-state index in [-0.39, 0.29) is 0 Å². The molecule has 0 spiro atoms. The fourth-order valence-electron chi connectivity index (χ4n) is 2.12. The Labute approximate surface area is 101 Å². The van der Waals surface area contributed by atoms with Crippen LogP contribution in [-0.2, 0) is 0 Å². The first-order valence-electron chi connectivity index (χ1n) is 5.84. The summed E-state index contributed by atoms with van der Waals surface area (Å²) in [5, 5.41) is 2.08. The SMILES string of the molecule is CCCN1CCN(c2csc(C=O)c2)CC1. The minimum atomic E-state index is 0.825. The molecule has 0 aliphatic carbocycles. The topological polar surface area (TPSA) is 23.6 Å². The van der Waals surface area contributed by atoms with Gasteiger partial charge < -0.3 is 4.90 Å². The minimum absolute atomic E-state index is 0.825. The van der Waals surface area contributed by atoms with E-state index in [1.165, 1.54) is 30.0 Å². The molecule has 0 N–H and O–H groups in total. The van der Waals surface area contributed by atoms with Crippen molar-refractivity contribution in [1.82, 2.24) is 4.90 Å². The minimum Gasteiger partial charge on any atom is -0.368 e. The summed E-state index contributed by atoms with van der Waals surface area (Å²) in [4.78, 5) is 16.3. The van der Waals surface area contributed by atoms with Gasteiger partial charge in [0.2, 0.25) is 0 Å². The molecule has 1 aliphatic heterocycles. The Morgan fingerprint density at radius 2 is 2.12 bits per heavy atom. The molecule has 1 aromatic rings. The third kappa shape index (κ3) is 2.62. The van der Waals surface area contributed by atoms with Crippen LogP contribution in [0.3, 0.4) is 0 Å². The van der Waals surface area contributed by atoms with E-state index < -0.39 is 0 Å². The average Bonchev–Trinajstić information content (AvgIpc) is 2.79. The molecule has 0 radical (unpaired) electrons. The Hall–Kier alpha value is -0.870. The van der Waals surface area contributed by atoms with Crippen LogP contribution in [0.25, 0.3) is 0 Å². The second-order valence-electron chi connectivity index (χ2n) is 4.15. The molecular weight excluding hydrogens is 220 g/mol. The van der Waals surface area contributed by atoms with Gasteiger partial charge in [-0.25, -0.2) is 0 Å². The maximum Gasteiger partial charge on any atom is 0.160 e. The molecule has 0 bridgehead atoms. The summed E-state index contributed by atoms with van der Waals surface area (Å²) in [5.41, 5.74) is 1.21. The number of nitrogens with zero attached hydrogens (tertiary/aromatic N) is 2. The lowest BCUT2D eigenvalue weighted by atomic mass is 10.2. The van der Waals surface area contributed by atoms with E-state index >= 15 is 0 Å². The quantitative estimate of drug-likeness (QED) is 0.750. The number of carbonyl (C=O) groups excluding carboxylic acids is 1. The molecule has 4 heteroatoms. The van der Waals surface area contributed by atoms with E-state index in [0.29, 0.717) is 0 Å². The van der Waals surface area contributed by atoms with Gasteiger partial charge in [-0.2, -0.15) is 0 Å². The van der Waals surface area contributed by atoms with Crippen LogP contribution in [0.15, 0.2) is 11.4 Å². The number of aldehydes is 1. The van der Waals surface area contributed by atoms with Gasteiger partial charge in [-0.3, -0.25) is 9.69 Å². The Kier molecular flexibility index (Phi) is 3.96. The maximum atomic E-state index is 10.6. The molecule has 88 valence electrons. The van der Waals surface area contributed by atoms with Crippen molar-refractivity contribution in [3.8, 4) is 0 Å². The second kappa shape index (κ2) is 5.46. The van der Waals surface area contributed by atoms with Crippen LogP contribution in [0.5, 0.6) is 0 Å². The third-order valence-electron chi connectivity index (χ3n) is 3.00. The highest BCUT2D eigenvalue weighted by Crippen LogP contribution is 2.23. The first-order valence-corrected chi connectivity index (χ1v) is 6.72.